The van der Waals surface area contributed by atoms with E-state index in [9.17, 15) is 36.2 Å². The molecule has 1 aliphatic heterocycles. The van der Waals surface area contributed by atoms with Gasteiger partial charge in [0.05, 0.1) is 34.5 Å². The first kappa shape index (κ1) is 29.4. The van der Waals surface area contributed by atoms with Crippen LogP contribution in [0.1, 0.15) is 42.5 Å². The summed E-state index contributed by atoms with van der Waals surface area (Å²) in [6.07, 6.45) is -8.54. The number of carbonyl (C=O) groups excluding carboxylic acids is 1. The van der Waals surface area contributed by atoms with Gasteiger partial charge in [-0.1, -0.05) is 24.3 Å². The summed E-state index contributed by atoms with van der Waals surface area (Å²) < 4.78 is 81.2. The quantitative estimate of drug-likeness (QED) is 0.354. The molecule has 5 nitrogen and oxygen atoms in total. The Labute approximate surface area is 228 Å². The number of halogens is 6. The van der Waals surface area contributed by atoms with Crippen LogP contribution in [-0.2, 0) is 22.6 Å². The molecule has 40 heavy (non-hydrogen) atoms. The summed E-state index contributed by atoms with van der Waals surface area (Å²) in [6, 6.07) is 10.4. The molecule has 214 valence electrons. The highest BCUT2D eigenvalue weighted by Gasteiger charge is 2.41. The lowest BCUT2D eigenvalue weighted by Crippen LogP contribution is -2.42. The number of nitrogens with zero attached hydrogens (tertiary/aromatic N) is 3. The lowest BCUT2D eigenvalue weighted by Gasteiger charge is -2.32. The summed E-state index contributed by atoms with van der Waals surface area (Å²) in [5.41, 5.74) is -2.56. The average molecular weight is 566 g/mol. The number of likely N-dealkylation sites (N-methyl/N-ethyl adjacent to an activating group) is 1. The smallest absolute Gasteiger partial charge is 0.391 e. The number of aliphatic hydroxyl groups is 1. The number of aromatic nitrogens is 1. The second kappa shape index (κ2) is 10.4. The second-order valence-electron chi connectivity index (χ2n) is 10.5. The molecule has 0 radical (unpaired) electrons. The minimum Gasteiger partial charge on any atom is -0.391 e. The van der Waals surface area contributed by atoms with E-state index < -0.39 is 46.5 Å². The van der Waals surface area contributed by atoms with E-state index in [1.807, 2.05) is 36.1 Å². The molecule has 1 saturated heterocycles. The first-order valence-corrected chi connectivity index (χ1v) is 12.6. The van der Waals surface area contributed by atoms with Gasteiger partial charge in [0.25, 0.3) is 0 Å². The Morgan fingerprint density at radius 2 is 1.52 bits per heavy atom. The number of alkyl halides is 6. The zero-order chi connectivity index (χ0) is 29.6. The summed E-state index contributed by atoms with van der Waals surface area (Å²) in [5, 5.41) is 9.98. The second-order valence-corrected chi connectivity index (χ2v) is 10.5. The minimum absolute atomic E-state index is 0.0436. The van der Waals surface area contributed by atoms with Crippen LogP contribution >= 0.6 is 0 Å². The van der Waals surface area contributed by atoms with Crippen LogP contribution in [0.5, 0.6) is 0 Å². The third-order valence-corrected chi connectivity index (χ3v) is 7.30. The molecule has 1 aromatic heterocycles. The number of pyridine rings is 1. The van der Waals surface area contributed by atoms with Crippen LogP contribution in [-0.4, -0.2) is 42.2 Å². The number of hydrogen-bond donors (Lipinski definition) is 1. The standard InChI is InChI=1S/C29H29F6N3O2/c1-17-7-5-6-8-22(17)23-14-25(38-10-9-21(39)16-38)36-15-24(23)37(4)26(40)27(2,3)18-11-19(28(30,31)32)13-20(12-18)29(33,34)35/h5-8,11-15,21,39H,9-10,16H2,1-4H3/t21-/m1/s1. The van der Waals surface area contributed by atoms with Crippen molar-refractivity contribution in [3.63, 3.8) is 0 Å². The van der Waals surface area contributed by atoms with E-state index in [4.69, 9.17) is 0 Å². The van der Waals surface area contributed by atoms with Crippen molar-refractivity contribution in [1.82, 2.24) is 4.98 Å². The number of amides is 1. The molecule has 0 unspecified atom stereocenters. The first-order chi connectivity index (χ1) is 18.5. The maximum absolute atomic E-state index is 13.8. The van der Waals surface area contributed by atoms with E-state index in [-0.39, 0.29) is 6.07 Å². The predicted molar refractivity (Wildman–Crippen MR) is 140 cm³/mol. The Bertz CT molecular complexity index is 1390. The summed E-state index contributed by atoms with van der Waals surface area (Å²) in [5.74, 6) is -0.146. The SMILES string of the molecule is Cc1ccccc1-c1cc(N2CC[C@@H](O)C2)ncc1N(C)C(=O)C(C)(C)c1cc(C(F)(F)F)cc(C(F)(F)F)c1. The zero-order valence-electron chi connectivity index (χ0n) is 22.4. The van der Waals surface area contributed by atoms with Crippen molar-refractivity contribution >= 4 is 17.4 Å². The highest BCUT2D eigenvalue weighted by molar-refractivity contribution is 6.03. The van der Waals surface area contributed by atoms with Crippen LogP contribution in [0.25, 0.3) is 11.1 Å². The number of benzene rings is 2. The van der Waals surface area contributed by atoms with Gasteiger partial charge in [-0.2, -0.15) is 26.3 Å². The minimum atomic E-state index is -5.04. The molecule has 4 rings (SSSR count). The van der Waals surface area contributed by atoms with Gasteiger partial charge < -0.3 is 14.9 Å². The van der Waals surface area contributed by atoms with Crippen molar-refractivity contribution in [3.8, 4) is 11.1 Å². The van der Waals surface area contributed by atoms with Crippen LogP contribution in [0.3, 0.4) is 0 Å². The maximum Gasteiger partial charge on any atom is 0.416 e. The zero-order valence-corrected chi connectivity index (χ0v) is 22.4. The Hall–Kier alpha value is -3.60. The molecule has 2 aromatic carbocycles. The van der Waals surface area contributed by atoms with Crippen molar-refractivity contribution in [2.24, 2.45) is 0 Å². The van der Waals surface area contributed by atoms with Crippen molar-refractivity contribution < 1.29 is 36.2 Å². The Morgan fingerprint density at radius 1 is 0.950 bits per heavy atom. The van der Waals surface area contributed by atoms with Crippen LogP contribution in [0, 0.1) is 6.92 Å². The molecular weight excluding hydrogens is 536 g/mol. The summed E-state index contributed by atoms with van der Waals surface area (Å²) in [7, 11) is 1.42. The molecule has 1 amide bonds. The lowest BCUT2D eigenvalue weighted by molar-refractivity contribution is -0.143. The molecule has 2 heterocycles. The molecule has 11 heteroatoms. The monoisotopic (exact) mass is 565 g/mol. The number of β-amino-alcohol motifs (C(OH)–C–C–N with tert-alkyl or cyclic N) is 1. The van der Waals surface area contributed by atoms with Crippen LogP contribution < -0.4 is 9.80 Å². The van der Waals surface area contributed by atoms with Gasteiger partial charge in [-0.25, -0.2) is 4.98 Å². The molecule has 0 spiro atoms. The molecule has 1 atom stereocenters. The van der Waals surface area contributed by atoms with Gasteiger partial charge in [0.2, 0.25) is 5.91 Å². The van der Waals surface area contributed by atoms with E-state index in [0.29, 0.717) is 48.7 Å². The predicted octanol–water partition coefficient (Wildman–Crippen LogP) is 6.61. The van der Waals surface area contributed by atoms with Gasteiger partial charge in [-0.3, -0.25) is 4.79 Å². The van der Waals surface area contributed by atoms with Crippen LogP contribution in [0.15, 0.2) is 54.7 Å². The molecule has 1 aliphatic rings. The van der Waals surface area contributed by atoms with Crippen molar-refractivity contribution in [2.75, 3.05) is 29.9 Å². The summed E-state index contributed by atoms with van der Waals surface area (Å²) in [6.45, 7) is 5.44. The number of aliphatic hydroxyl groups excluding tert-OH is 1. The highest BCUT2D eigenvalue weighted by atomic mass is 19.4. The highest BCUT2D eigenvalue weighted by Crippen LogP contribution is 2.41. The van der Waals surface area contributed by atoms with Gasteiger partial charge in [-0.05, 0) is 68.1 Å². The molecule has 0 saturated carbocycles. The largest absolute Gasteiger partial charge is 0.416 e. The van der Waals surface area contributed by atoms with Crippen molar-refractivity contribution in [3.05, 3.63) is 77.0 Å². The van der Waals surface area contributed by atoms with E-state index in [0.717, 1.165) is 11.1 Å². The third-order valence-electron chi connectivity index (χ3n) is 7.30. The van der Waals surface area contributed by atoms with Crippen LogP contribution in [0.2, 0.25) is 0 Å². The van der Waals surface area contributed by atoms with Gasteiger partial charge in [0, 0.05) is 25.7 Å². The number of carbonyl (C=O) groups is 1. The van der Waals surface area contributed by atoms with Crippen molar-refractivity contribution in [1.29, 1.82) is 0 Å². The Morgan fingerprint density at radius 3 is 2.05 bits per heavy atom. The molecular formula is C29H29F6N3O2. The van der Waals surface area contributed by atoms with Gasteiger partial charge >= 0.3 is 12.4 Å². The van der Waals surface area contributed by atoms with Gasteiger partial charge in [0.1, 0.15) is 5.82 Å². The number of rotatable bonds is 5. The number of anilines is 2. The molecule has 0 aliphatic carbocycles. The topological polar surface area (TPSA) is 56.7 Å². The molecule has 1 fully saturated rings. The maximum atomic E-state index is 13.8. The fourth-order valence-electron chi connectivity index (χ4n) is 4.89. The Balaban J connectivity index is 1.81. The summed E-state index contributed by atoms with van der Waals surface area (Å²) >= 11 is 0. The fraction of sp³-hybridized carbons (Fsp3) is 0.379. The summed E-state index contributed by atoms with van der Waals surface area (Å²) in [4.78, 5) is 21.4. The van der Waals surface area contributed by atoms with E-state index in [1.54, 1.807) is 6.07 Å². The number of aryl methyl sites for hydroxylation is 1. The molecule has 3 aromatic rings. The third kappa shape index (κ3) is 5.79. The molecule has 1 N–H and O–H groups in total. The lowest BCUT2D eigenvalue weighted by atomic mass is 9.81. The average Bonchev–Trinajstić information content (AvgIpc) is 3.32. The Kier molecular flexibility index (Phi) is 7.66. The van der Waals surface area contributed by atoms with E-state index in [2.05, 4.69) is 4.98 Å². The van der Waals surface area contributed by atoms with Crippen LogP contribution in [0.4, 0.5) is 37.8 Å². The van der Waals surface area contributed by atoms with Crippen molar-refractivity contribution in [2.45, 2.75) is 51.1 Å². The fourth-order valence-corrected chi connectivity index (χ4v) is 4.89. The van der Waals surface area contributed by atoms with Gasteiger partial charge in [0.15, 0.2) is 0 Å². The van der Waals surface area contributed by atoms with Gasteiger partial charge in [-0.15, -0.1) is 0 Å². The van der Waals surface area contributed by atoms with E-state index in [1.165, 1.54) is 32.0 Å². The number of hydrogen-bond acceptors (Lipinski definition) is 4. The van der Waals surface area contributed by atoms with E-state index >= 15 is 0 Å². The molecule has 0 bridgehead atoms. The normalized spacial score (nSPS) is 16.4. The first-order valence-electron chi connectivity index (χ1n) is 12.6.